The molecule has 0 unspecified atom stereocenters. The van der Waals surface area contributed by atoms with Gasteiger partial charge in [-0.1, -0.05) is 11.6 Å². The summed E-state index contributed by atoms with van der Waals surface area (Å²) in [6, 6.07) is 8.37. The van der Waals surface area contributed by atoms with Gasteiger partial charge in [-0.2, -0.15) is 10.4 Å². The van der Waals surface area contributed by atoms with Crippen molar-refractivity contribution in [2.45, 2.75) is 0 Å². The van der Waals surface area contributed by atoms with Gasteiger partial charge in [-0.05, 0) is 24.3 Å². The molecule has 1 aromatic carbocycles. The van der Waals surface area contributed by atoms with Crippen molar-refractivity contribution in [3.05, 3.63) is 52.9 Å². The summed E-state index contributed by atoms with van der Waals surface area (Å²) >= 11 is 6.16. The van der Waals surface area contributed by atoms with Crippen LogP contribution in [0, 0.1) is 11.3 Å². The van der Waals surface area contributed by atoms with Gasteiger partial charge in [0.2, 0.25) is 0 Å². The number of nitrogens with one attached hydrogen (secondary N) is 1. The van der Waals surface area contributed by atoms with Crippen LogP contribution >= 0.6 is 11.6 Å². The van der Waals surface area contributed by atoms with Crippen LogP contribution in [0.4, 0.5) is 11.6 Å². The molecular formula is C16H12ClN7O. The predicted octanol–water partition coefficient (Wildman–Crippen LogP) is 2.24. The Balaban J connectivity index is 1.91. The Hall–Kier alpha value is -3.44. The smallest absolute Gasteiger partial charge is 0.275 e. The van der Waals surface area contributed by atoms with Crippen LogP contribution in [0.25, 0.3) is 11.3 Å². The molecule has 0 aliphatic heterocycles. The third-order valence-corrected chi connectivity index (χ3v) is 3.77. The lowest BCUT2D eigenvalue weighted by molar-refractivity contribution is 0.101. The van der Waals surface area contributed by atoms with Gasteiger partial charge in [-0.25, -0.2) is 9.97 Å². The van der Waals surface area contributed by atoms with E-state index in [0.717, 1.165) is 0 Å². The number of rotatable bonds is 3. The number of anilines is 2. The minimum absolute atomic E-state index is 0.0831. The Labute approximate surface area is 147 Å². The van der Waals surface area contributed by atoms with E-state index in [4.69, 9.17) is 22.6 Å². The molecular weight excluding hydrogens is 342 g/mol. The molecule has 0 aliphatic carbocycles. The molecule has 9 heteroatoms. The summed E-state index contributed by atoms with van der Waals surface area (Å²) in [4.78, 5) is 20.5. The largest absolute Gasteiger partial charge is 0.382 e. The summed E-state index contributed by atoms with van der Waals surface area (Å²) in [7, 11) is 1.65. The number of aryl methyl sites for hydroxylation is 1. The molecule has 2 heterocycles. The maximum absolute atomic E-state index is 12.2. The van der Waals surface area contributed by atoms with Crippen molar-refractivity contribution in [1.29, 1.82) is 5.26 Å². The Kier molecular flexibility index (Phi) is 4.33. The molecule has 3 rings (SSSR count). The van der Waals surface area contributed by atoms with Crippen molar-refractivity contribution in [2.75, 3.05) is 11.1 Å². The van der Waals surface area contributed by atoms with Crippen molar-refractivity contribution < 1.29 is 4.79 Å². The molecule has 124 valence electrons. The molecule has 0 spiro atoms. The summed E-state index contributed by atoms with van der Waals surface area (Å²) in [6.07, 6.45) is 2.89. The topological polar surface area (TPSA) is 123 Å². The monoisotopic (exact) mass is 353 g/mol. The summed E-state index contributed by atoms with van der Waals surface area (Å²) in [5.41, 5.74) is 7.58. The minimum atomic E-state index is -0.383. The fraction of sp³-hybridized carbons (Fsp3) is 0.0625. The van der Waals surface area contributed by atoms with E-state index in [1.54, 1.807) is 31.3 Å². The number of nitrogen functional groups attached to an aromatic ring is 1. The fourth-order valence-corrected chi connectivity index (χ4v) is 2.43. The lowest BCUT2D eigenvalue weighted by Gasteiger charge is -2.09. The third-order valence-electron chi connectivity index (χ3n) is 3.45. The van der Waals surface area contributed by atoms with Crippen molar-refractivity contribution in [3.8, 4) is 17.3 Å². The van der Waals surface area contributed by atoms with Crippen molar-refractivity contribution >= 4 is 29.1 Å². The Morgan fingerprint density at radius 1 is 1.40 bits per heavy atom. The zero-order chi connectivity index (χ0) is 18.0. The molecule has 8 nitrogen and oxygen atoms in total. The normalized spacial score (nSPS) is 10.3. The Morgan fingerprint density at radius 2 is 2.20 bits per heavy atom. The van der Waals surface area contributed by atoms with Gasteiger partial charge in [0.25, 0.3) is 5.91 Å². The zero-order valence-electron chi connectivity index (χ0n) is 13.1. The van der Waals surface area contributed by atoms with Crippen molar-refractivity contribution in [2.24, 2.45) is 7.05 Å². The van der Waals surface area contributed by atoms with E-state index in [1.165, 1.54) is 17.1 Å². The van der Waals surface area contributed by atoms with Crippen LogP contribution in [0.3, 0.4) is 0 Å². The van der Waals surface area contributed by atoms with Gasteiger partial charge in [0, 0.05) is 18.8 Å². The first-order valence-electron chi connectivity index (χ1n) is 7.11. The molecule has 25 heavy (non-hydrogen) atoms. The molecule has 3 N–H and O–H groups in total. The van der Waals surface area contributed by atoms with Gasteiger partial charge in [0.1, 0.15) is 11.4 Å². The molecule has 0 bridgehead atoms. The van der Waals surface area contributed by atoms with E-state index in [2.05, 4.69) is 20.4 Å². The van der Waals surface area contributed by atoms with E-state index < -0.39 is 0 Å². The second-order valence-corrected chi connectivity index (χ2v) is 5.50. The second kappa shape index (κ2) is 6.59. The van der Waals surface area contributed by atoms with Gasteiger partial charge in [0.05, 0.1) is 22.9 Å². The number of carbonyl (C=O) groups excluding carboxylic acids is 1. The molecule has 3 aromatic rings. The first kappa shape index (κ1) is 16.4. The van der Waals surface area contributed by atoms with Gasteiger partial charge < -0.3 is 11.1 Å². The molecule has 0 saturated carbocycles. The third kappa shape index (κ3) is 3.27. The quantitative estimate of drug-likeness (QED) is 0.744. The van der Waals surface area contributed by atoms with Crippen LogP contribution in [0.1, 0.15) is 16.1 Å². The fourth-order valence-electron chi connectivity index (χ4n) is 2.22. The second-order valence-electron chi connectivity index (χ2n) is 5.09. The highest BCUT2D eigenvalue weighted by atomic mass is 35.5. The highest BCUT2D eigenvalue weighted by Crippen LogP contribution is 2.30. The van der Waals surface area contributed by atoms with E-state index in [1.807, 2.05) is 6.07 Å². The number of halogens is 1. The number of aromatic nitrogens is 4. The van der Waals surface area contributed by atoms with E-state index >= 15 is 0 Å². The summed E-state index contributed by atoms with van der Waals surface area (Å²) in [6.45, 7) is 0. The lowest BCUT2D eigenvalue weighted by atomic mass is 10.1. The number of nitrogens with zero attached hydrogens (tertiary/aromatic N) is 5. The number of amides is 1. The number of hydrogen-bond acceptors (Lipinski definition) is 6. The van der Waals surface area contributed by atoms with Crippen molar-refractivity contribution in [3.63, 3.8) is 0 Å². The van der Waals surface area contributed by atoms with Gasteiger partial charge in [0.15, 0.2) is 11.6 Å². The maximum atomic E-state index is 12.2. The van der Waals surface area contributed by atoms with E-state index in [9.17, 15) is 4.79 Å². The number of carbonyl (C=O) groups is 1. The highest BCUT2D eigenvalue weighted by molar-refractivity contribution is 6.33. The average Bonchev–Trinajstić information content (AvgIpc) is 3.02. The summed E-state index contributed by atoms with van der Waals surface area (Å²) in [5.74, 6) is -0.106. The molecule has 0 aliphatic rings. The van der Waals surface area contributed by atoms with Gasteiger partial charge >= 0.3 is 0 Å². The SMILES string of the molecule is Cn1nccc1C(=O)Nc1cnc(-c2cc(C#N)ccc2Cl)c(N)n1. The molecule has 0 fully saturated rings. The summed E-state index contributed by atoms with van der Waals surface area (Å²) < 4.78 is 1.44. The Bertz CT molecular complexity index is 1010. The standard InChI is InChI=1S/C16H12ClN7O/c1-24-12(4-5-21-24)16(25)23-13-8-20-14(15(19)22-13)10-6-9(7-18)2-3-11(10)17/h2-6,8H,1H3,(H3,19,22,23,25). The molecule has 0 atom stereocenters. The van der Waals surface area contributed by atoms with Gasteiger partial charge in [-0.15, -0.1) is 0 Å². The molecule has 0 radical (unpaired) electrons. The first-order chi connectivity index (χ1) is 12.0. The van der Waals surface area contributed by atoms with E-state index in [0.29, 0.717) is 27.5 Å². The number of benzene rings is 1. The van der Waals surface area contributed by atoms with Crippen molar-refractivity contribution in [1.82, 2.24) is 19.7 Å². The molecule has 1 amide bonds. The molecule has 2 aromatic heterocycles. The number of hydrogen-bond donors (Lipinski definition) is 2. The summed E-state index contributed by atoms with van der Waals surface area (Å²) in [5, 5.41) is 15.9. The average molecular weight is 354 g/mol. The first-order valence-corrected chi connectivity index (χ1v) is 7.49. The lowest BCUT2D eigenvalue weighted by Crippen LogP contribution is -2.17. The maximum Gasteiger partial charge on any atom is 0.275 e. The van der Waals surface area contributed by atoms with Gasteiger partial charge in [-0.3, -0.25) is 9.48 Å². The van der Waals surface area contributed by atoms with Crippen LogP contribution in [0.15, 0.2) is 36.7 Å². The number of nitriles is 1. The van der Waals surface area contributed by atoms with Crippen LogP contribution in [0.5, 0.6) is 0 Å². The minimum Gasteiger partial charge on any atom is -0.382 e. The van der Waals surface area contributed by atoms with E-state index in [-0.39, 0.29) is 17.5 Å². The van der Waals surface area contributed by atoms with Crippen LogP contribution < -0.4 is 11.1 Å². The molecule has 0 saturated heterocycles. The zero-order valence-corrected chi connectivity index (χ0v) is 13.8. The number of nitrogens with two attached hydrogens (primary N) is 1. The highest BCUT2D eigenvalue weighted by Gasteiger charge is 2.15. The predicted molar refractivity (Wildman–Crippen MR) is 92.8 cm³/mol. The Morgan fingerprint density at radius 3 is 2.84 bits per heavy atom. The van der Waals surface area contributed by atoms with Crippen LogP contribution in [0.2, 0.25) is 5.02 Å². The van der Waals surface area contributed by atoms with Crippen LogP contribution in [-0.2, 0) is 7.05 Å². The van der Waals surface area contributed by atoms with Crippen LogP contribution in [-0.4, -0.2) is 25.7 Å².